The summed E-state index contributed by atoms with van der Waals surface area (Å²) < 4.78 is 32.0. The molecule has 0 atom stereocenters. The first-order valence-electron chi connectivity index (χ1n) is 7.78. The summed E-state index contributed by atoms with van der Waals surface area (Å²) in [6, 6.07) is 0.834. The van der Waals surface area contributed by atoms with E-state index < -0.39 is 28.4 Å². The van der Waals surface area contributed by atoms with Crippen LogP contribution in [0.2, 0.25) is 0 Å². The summed E-state index contributed by atoms with van der Waals surface area (Å²) >= 11 is 0. The van der Waals surface area contributed by atoms with Crippen molar-refractivity contribution in [2.45, 2.75) is 44.6 Å². The fourth-order valence-corrected chi connectivity index (χ4v) is 4.35. The smallest absolute Gasteiger partial charge is 0.323 e. The minimum absolute atomic E-state index is 0.0354. The number of furan rings is 1. The van der Waals surface area contributed by atoms with Crippen molar-refractivity contribution < 1.29 is 27.5 Å². The van der Waals surface area contributed by atoms with Gasteiger partial charge in [-0.3, -0.25) is 9.59 Å². The van der Waals surface area contributed by atoms with E-state index in [0.29, 0.717) is 13.1 Å². The molecular weight excluding hydrogens is 336 g/mol. The van der Waals surface area contributed by atoms with Crippen molar-refractivity contribution in [3.8, 4) is 0 Å². The Bertz CT molecular complexity index is 731. The van der Waals surface area contributed by atoms with Crippen LogP contribution in [0.25, 0.3) is 0 Å². The van der Waals surface area contributed by atoms with Gasteiger partial charge in [0, 0.05) is 25.2 Å². The normalized spacial score (nSPS) is 15.8. The van der Waals surface area contributed by atoms with Gasteiger partial charge in [0.1, 0.15) is 17.2 Å². The van der Waals surface area contributed by atoms with Gasteiger partial charge in [-0.15, -0.1) is 0 Å². The van der Waals surface area contributed by atoms with Crippen molar-refractivity contribution in [1.29, 1.82) is 0 Å². The Balaban J connectivity index is 2.33. The molecular formula is C15H22N2O6S. The molecule has 1 amide bonds. The van der Waals surface area contributed by atoms with Gasteiger partial charge in [0.2, 0.25) is 10.0 Å². The topological polar surface area (TPSA) is 108 Å². The van der Waals surface area contributed by atoms with Gasteiger partial charge in [0.15, 0.2) is 5.76 Å². The third-order valence-corrected chi connectivity index (χ3v) is 5.96. The summed E-state index contributed by atoms with van der Waals surface area (Å²) in [4.78, 5) is 24.5. The molecule has 2 heterocycles. The van der Waals surface area contributed by atoms with Crippen LogP contribution in [0.4, 0.5) is 0 Å². The van der Waals surface area contributed by atoms with Gasteiger partial charge in [-0.2, -0.15) is 4.31 Å². The molecule has 0 spiro atoms. The number of nitrogens with zero attached hydrogens (tertiary/aromatic N) is 2. The molecule has 8 nitrogen and oxygen atoms in total. The number of amides is 1. The molecule has 9 heteroatoms. The zero-order chi connectivity index (χ0) is 18.1. The van der Waals surface area contributed by atoms with Crippen molar-refractivity contribution in [2.75, 3.05) is 19.6 Å². The number of sulfonamides is 1. The van der Waals surface area contributed by atoms with E-state index in [4.69, 9.17) is 9.52 Å². The molecule has 134 valence electrons. The summed E-state index contributed by atoms with van der Waals surface area (Å²) in [5, 5.41) is 8.93. The van der Waals surface area contributed by atoms with Crippen molar-refractivity contribution in [3.05, 3.63) is 17.6 Å². The Morgan fingerprint density at radius 1 is 1.33 bits per heavy atom. The maximum atomic E-state index is 12.6. The predicted octanol–water partition coefficient (Wildman–Crippen LogP) is 1.31. The molecule has 1 aliphatic rings. The fourth-order valence-electron chi connectivity index (χ4n) is 2.67. The standard InChI is InChI=1S/C15H22N2O6S/c1-10(2)17(9-14(18)19)15(20)12-8-13(11(3)23-12)24(21,22)16-6-4-5-7-16/h8,10H,4-7,9H2,1-3H3,(H,18,19). The van der Waals surface area contributed by atoms with Gasteiger partial charge < -0.3 is 14.4 Å². The molecule has 0 aromatic carbocycles. The summed E-state index contributed by atoms with van der Waals surface area (Å²) in [7, 11) is -3.70. The number of hydrogen-bond acceptors (Lipinski definition) is 5. The van der Waals surface area contributed by atoms with Gasteiger partial charge in [0.25, 0.3) is 5.91 Å². The Morgan fingerprint density at radius 3 is 2.42 bits per heavy atom. The molecule has 1 aromatic rings. The Morgan fingerprint density at radius 2 is 1.92 bits per heavy atom. The van der Waals surface area contributed by atoms with Gasteiger partial charge in [0.05, 0.1) is 0 Å². The number of rotatable bonds is 6. The fraction of sp³-hybridized carbons (Fsp3) is 0.600. The van der Waals surface area contributed by atoms with Crippen LogP contribution in [-0.4, -0.2) is 60.3 Å². The van der Waals surface area contributed by atoms with Gasteiger partial charge >= 0.3 is 5.97 Å². The van der Waals surface area contributed by atoms with Crippen molar-refractivity contribution in [3.63, 3.8) is 0 Å². The number of aryl methyl sites for hydroxylation is 1. The van der Waals surface area contributed by atoms with Gasteiger partial charge in [-0.1, -0.05) is 0 Å². The van der Waals surface area contributed by atoms with Crippen LogP contribution in [0.5, 0.6) is 0 Å². The second kappa shape index (κ2) is 6.94. The maximum absolute atomic E-state index is 12.6. The van der Waals surface area contributed by atoms with E-state index in [0.717, 1.165) is 17.7 Å². The zero-order valence-corrected chi connectivity index (χ0v) is 14.8. The van der Waals surface area contributed by atoms with E-state index in [-0.39, 0.29) is 22.5 Å². The molecule has 0 radical (unpaired) electrons. The van der Waals surface area contributed by atoms with Crippen LogP contribution in [0.1, 0.15) is 43.0 Å². The van der Waals surface area contributed by atoms with Crippen LogP contribution in [-0.2, 0) is 14.8 Å². The minimum Gasteiger partial charge on any atom is -0.480 e. The van der Waals surface area contributed by atoms with E-state index in [2.05, 4.69) is 0 Å². The van der Waals surface area contributed by atoms with Crippen LogP contribution < -0.4 is 0 Å². The summed E-state index contributed by atoms with van der Waals surface area (Å²) in [5.74, 6) is -1.83. The largest absolute Gasteiger partial charge is 0.480 e. The van der Waals surface area contributed by atoms with Crippen molar-refractivity contribution >= 4 is 21.9 Å². The molecule has 0 aliphatic carbocycles. The highest BCUT2D eigenvalue weighted by atomic mass is 32.2. The SMILES string of the molecule is Cc1oc(C(=O)N(CC(=O)O)C(C)C)cc1S(=O)(=O)N1CCCC1. The Hall–Kier alpha value is -1.87. The van der Waals surface area contributed by atoms with E-state index in [9.17, 15) is 18.0 Å². The molecule has 24 heavy (non-hydrogen) atoms. The highest BCUT2D eigenvalue weighted by Crippen LogP contribution is 2.27. The lowest BCUT2D eigenvalue weighted by atomic mass is 10.2. The first-order chi connectivity index (χ1) is 11.1. The molecule has 1 aromatic heterocycles. The van der Waals surface area contributed by atoms with E-state index >= 15 is 0 Å². The molecule has 1 aliphatic heterocycles. The second-order valence-corrected chi connectivity index (χ2v) is 7.97. The first kappa shape index (κ1) is 18.5. The number of carbonyl (C=O) groups is 2. The molecule has 1 fully saturated rings. The molecule has 0 saturated carbocycles. The molecule has 2 rings (SSSR count). The number of carboxylic acid groups (broad SMARTS) is 1. The lowest BCUT2D eigenvalue weighted by Gasteiger charge is -2.23. The van der Waals surface area contributed by atoms with Crippen molar-refractivity contribution in [2.24, 2.45) is 0 Å². The summed E-state index contributed by atoms with van der Waals surface area (Å²) in [5.41, 5.74) is 0. The molecule has 1 N–H and O–H groups in total. The number of carboxylic acids is 1. The molecule has 1 saturated heterocycles. The monoisotopic (exact) mass is 358 g/mol. The lowest BCUT2D eigenvalue weighted by Crippen LogP contribution is -2.40. The van der Waals surface area contributed by atoms with E-state index in [1.54, 1.807) is 13.8 Å². The predicted molar refractivity (Wildman–Crippen MR) is 85.2 cm³/mol. The van der Waals surface area contributed by atoms with Crippen LogP contribution in [0.3, 0.4) is 0 Å². The number of aliphatic carboxylic acids is 1. The average Bonchev–Trinajstić information content (AvgIpc) is 3.13. The lowest BCUT2D eigenvalue weighted by molar-refractivity contribution is -0.138. The van der Waals surface area contributed by atoms with Gasteiger partial charge in [-0.05, 0) is 33.6 Å². The average molecular weight is 358 g/mol. The maximum Gasteiger partial charge on any atom is 0.323 e. The highest BCUT2D eigenvalue weighted by molar-refractivity contribution is 7.89. The zero-order valence-electron chi connectivity index (χ0n) is 14.0. The summed E-state index contributed by atoms with van der Waals surface area (Å²) in [6.45, 7) is 5.26. The molecule has 0 bridgehead atoms. The number of hydrogen-bond donors (Lipinski definition) is 1. The number of carbonyl (C=O) groups excluding carboxylic acids is 1. The van der Waals surface area contributed by atoms with Crippen LogP contribution >= 0.6 is 0 Å². The molecule has 0 unspecified atom stereocenters. The van der Waals surface area contributed by atoms with Gasteiger partial charge in [-0.25, -0.2) is 8.42 Å². The third kappa shape index (κ3) is 3.62. The van der Waals surface area contributed by atoms with E-state index in [1.807, 2.05) is 0 Å². The quantitative estimate of drug-likeness (QED) is 0.821. The summed E-state index contributed by atoms with van der Waals surface area (Å²) in [6.07, 6.45) is 1.61. The third-order valence-electron chi connectivity index (χ3n) is 3.96. The minimum atomic E-state index is -3.70. The first-order valence-corrected chi connectivity index (χ1v) is 9.22. The Labute approximate surface area is 141 Å². The van der Waals surface area contributed by atoms with Crippen LogP contribution in [0.15, 0.2) is 15.4 Å². The second-order valence-electron chi connectivity index (χ2n) is 6.06. The van der Waals surface area contributed by atoms with Crippen LogP contribution in [0, 0.1) is 6.92 Å². The Kier molecular flexibility index (Phi) is 5.34. The van der Waals surface area contributed by atoms with Crippen molar-refractivity contribution in [1.82, 2.24) is 9.21 Å². The highest BCUT2D eigenvalue weighted by Gasteiger charge is 2.33. The van der Waals surface area contributed by atoms with E-state index in [1.165, 1.54) is 17.3 Å².